The molecule has 0 saturated carbocycles. The van der Waals surface area contributed by atoms with Gasteiger partial charge in [0.1, 0.15) is 5.69 Å². The van der Waals surface area contributed by atoms with Gasteiger partial charge in [0.25, 0.3) is 5.69 Å². The largest absolute Gasteiger partial charge is 0.362 e. The number of carbonyl (C=O) groups is 1. The average Bonchev–Trinajstić information content (AvgIpc) is 2.64. The van der Waals surface area contributed by atoms with E-state index in [0.29, 0.717) is 47.6 Å². The van der Waals surface area contributed by atoms with Crippen LogP contribution >= 0.6 is 23.2 Å². The van der Waals surface area contributed by atoms with Crippen molar-refractivity contribution in [2.45, 2.75) is 0 Å². The molecule has 0 bridgehead atoms. The lowest BCUT2D eigenvalue weighted by Gasteiger charge is -2.35. The molecule has 3 rings (SSSR count). The van der Waals surface area contributed by atoms with Gasteiger partial charge in [0.15, 0.2) is 0 Å². The number of para-hydroxylation sites is 2. The Morgan fingerprint density at radius 3 is 2.42 bits per heavy atom. The van der Waals surface area contributed by atoms with Crippen molar-refractivity contribution in [1.29, 1.82) is 0 Å². The molecule has 0 spiro atoms. The second kappa shape index (κ2) is 7.80. The van der Waals surface area contributed by atoms with Gasteiger partial charge in [0, 0.05) is 37.3 Å². The molecular weight excluding hydrogens is 379 g/mol. The molecule has 1 N–H and O–H groups in total. The number of nitrogens with one attached hydrogen (secondary N) is 1. The number of halogens is 2. The molecule has 9 heteroatoms. The molecule has 1 fully saturated rings. The third-order valence-corrected chi connectivity index (χ3v) is 4.71. The smallest absolute Gasteiger partial charge is 0.322 e. The summed E-state index contributed by atoms with van der Waals surface area (Å²) in [5, 5.41) is 14.8. The van der Waals surface area contributed by atoms with Crippen LogP contribution < -0.4 is 10.2 Å². The Morgan fingerprint density at radius 2 is 1.77 bits per heavy atom. The molecule has 0 unspecified atom stereocenters. The summed E-state index contributed by atoms with van der Waals surface area (Å²) in [6.45, 7) is 1.91. The van der Waals surface area contributed by atoms with Gasteiger partial charge in [-0.3, -0.25) is 10.1 Å². The summed E-state index contributed by atoms with van der Waals surface area (Å²) in [6, 6.07) is 11.2. The zero-order valence-corrected chi connectivity index (χ0v) is 15.2. The number of amides is 2. The number of piperazine rings is 1. The summed E-state index contributed by atoms with van der Waals surface area (Å²) in [5.74, 6) is 0. The van der Waals surface area contributed by atoms with E-state index in [1.165, 1.54) is 6.07 Å². The molecule has 1 heterocycles. The molecule has 2 amide bonds. The number of nitro benzene ring substituents is 1. The second-order valence-corrected chi connectivity index (χ2v) is 6.62. The highest BCUT2D eigenvalue weighted by atomic mass is 35.5. The SMILES string of the molecule is O=C(Nc1ccc(Cl)cc1Cl)N1CCN(c2ccccc2[N+](=O)[O-])CC1. The van der Waals surface area contributed by atoms with E-state index in [-0.39, 0.29) is 11.7 Å². The zero-order chi connectivity index (χ0) is 18.7. The van der Waals surface area contributed by atoms with Gasteiger partial charge in [-0.2, -0.15) is 0 Å². The minimum absolute atomic E-state index is 0.0679. The van der Waals surface area contributed by atoms with Crippen molar-refractivity contribution in [3.8, 4) is 0 Å². The van der Waals surface area contributed by atoms with E-state index in [1.807, 2.05) is 4.90 Å². The third-order valence-electron chi connectivity index (χ3n) is 4.16. The first-order valence-corrected chi connectivity index (χ1v) is 8.70. The first kappa shape index (κ1) is 18.3. The summed E-state index contributed by atoms with van der Waals surface area (Å²) < 4.78 is 0. The molecule has 2 aromatic carbocycles. The van der Waals surface area contributed by atoms with Crippen LogP contribution in [-0.4, -0.2) is 42.0 Å². The second-order valence-electron chi connectivity index (χ2n) is 5.77. The lowest BCUT2D eigenvalue weighted by atomic mass is 10.2. The van der Waals surface area contributed by atoms with E-state index in [1.54, 1.807) is 41.3 Å². The lowest BCUT2D eigenvalue weighted by Crippen LogP contribution is -2.50. The minimum atomic E-state index is -0.392. The summed E-state index contributed by atoms with van der Waals surface area (Å²) >= 11 is 11.9. The highest BCUT2D eigenvalue weighted by Crippen LogP contribution is 2.29. The van der Waals surface area contributed by atoms with Crippen molar-refractivity contribution in [2.75, 3.05) is 36.4 Å². The first-order chi connectivity index (χ1) is 12.5. The molecule has 1 aliphatic heterocycles. The third kappa shape index (κ3) is 4.00. The Labute approximate surface area is 160 Å². The number of nitro groups is 1. The van der Waals surface area contributed by atoms with E-state index in [4.69, 9.17) is 23.2 Å². The van der Waals surface area contributed by atoms with Crippen LogP contribution in [0.2, 0.25) is 10.0 Å². The number of rotatable bonds is 3. The van der Waals surface area contributed by atoms with Gasteiger partial charge in [-0.1, -0.05) is 35.3 Å². The Morgan fingerprint density at radius 1 is 1.08 bits per heavy atom. The maximum atomic E-state index is 12.4. The van der Waals surface area contributed by atoms with Crippen molar-refractivity contribution in [2.24, 2.45) is 0 Å². The molecular formula is C17H16Cl2N4O3. The number of urea groups is 1. The predicted molar refractivity (Wildman–Crippen MR) is 102 cm³/mol. The van der Waals surface area contributed by atoms with Crippen LogP contribution in [0.15, 0.2) is 42.5 Å². The van der Waals surface area contributed by atoms with Gasteiger partial charge in [-0.05, 0) is 24.3 Å². The number of benzene rings is 2. The Kier molecular flexibility index (Phi) is 5.49. The fourth-order valence-corrected chi connectivity index (χ4v) is 3.28. The fraction of sp³-hybridized carbons (Fsp3) is 0.235. The zero-order valence-electron chi connectivity index (χ0n) is 13.7. The Hall–Kier alpha value is -2.51. The van der Waals surface area contributed by atoms with Crippen LogP contribution in [0.4, 0.5) is 21.9 Å². The number of nitrogens with zero attached hydrogens (tertiary/aromatic N) is 3. The highest BCUT2D eigenvalue weighted by molar-refractivity contribution is 6.36. The van der Waals surface area contributed by atoms with Crippen molar-refractivity contribution in [1.82, 2.24) is 4.90 Å². The van der Waals surface area contributed by atoms with Crippen molar-refractivity contribution in [3.63, 3.8) is 0 Å². The first-order valence-electron chi connectivity index (χ1n) is 7.95. The monoisotopic (exact) mass is 394 g/mol. The van der Waals surface area contributed by atoms with Crippen molar-refractivity contribution in [3.05, 3.63) is 62.6 Å². The van der Waals surface area contributed by atoms with Gasteiger partial charge in [-0.15, -0.1) is 0 Å². The Balaban J connectivity index is 1.63. The van der Waals surface area contributed by atoms with Crippen LogP contribution in [0.1, 0.15) is 0 Å². The maximum absolute atomic E-state index is 12.4. The highest BCUT2D eigenvalue weighted by Gasteiger charge is 2.25. The quantitative estimate of drug-likeness (QED) is 0.622. The standard InChI is InChI=1S/C17H16Cl2N4O3/c18-12-5-6-14(13(19)11-12)20-17(24)22-9-7-21(8-10-22)15-3-1-2-4-16(15)23(25)26/h1-6,11H,7-10H2,(H,20,24). The van der Waals surface area contributed by atoms with Crippen LogP contribution in [0.3, 0.4) is 0 Å². The minimum Gasteiger partial charge on any atom is -0.362 e. The molecule has 7 nitrogen and oxygen atoms in total. The Bertz CT molecular complexity index is 839. The number of hydrogen-bond donors (Lipinski definition) is 1. The summed E-state index contributed by atoms with van der Waals surface area (Å²) in [6.07, 6.45) is 0. The van der Waals surface area contributed by atoms with Crippen LogP contribution in [0, 0.1) is 10.1 Å². The van der Waals surface area contributed by atoms with E-state index < -0.39 is 4.92 Å². The van der Waals surface area contributed by atoms with Gasteiger partial charge in [-0.25, -0.2) is 4.79 Å². The molecule has 0 atom stereocenters. The van der Waals surface area contributed by atoms with E-state index >= 15 is 0 Å². The van der Waals surface area contributed by atoms with E-state index in [2.05, 4.69) is 5.32 Å². The van der Waals surface area contributed by atoms with E-state index in [9.17, 15) is 14.9 Å². The summed E-state index contributed by atoms with van der Waals surface area (Å²) in [7, 11) is 0. The molecule has 136 valence electrons. The maximum Gasteiger partial charge on any atom is 0.322 e. The van der Waals surface area contributed by atoms with Crippen LogP contribution in [0.25, 0.3) is 0 Å². The summed E-state index contributed by atoms with van der Waals surface area (Å²) in [5.41, 5.74) is 1.12. The molecule has 2 aromatic rings. The number of carbonyl (C=O) groups excluding carboxylic acids is 1. The average molecular weight is 395 g/mol. The molecule has 0 aliphatic carbocycles. The summed E-state index contributed by atoms with van der Waals surface area (Å²) in [4.78, 5) is 26.8. The van der Waals surface area contributed by atoms with E-state index in [0.717, 1.165) is 0 Å². The van der Waals surface area contributed by atoms with Gasteiger partial charge in [0.2, 0.25) is 0 Å². The molecule has 1 saturated heterocycles. The van der Waals surface area contributed by atoms with Crippen LogP contribution in [0.5, 0.6) is 0 Å². The predicted octanol–water partition coefficient (Wildman–Crippen LogP) is 4.26. The van der Waals surface area contributed by atoms with Gasteiger partial charge >= 0.3 is 6.03 Å². The molecule has 26 heavy (non-hydrogen) atoms. The topological polar surface area (TPSA) is 78.7 Å². The fourth-order valence-electron chi connectivity index (χ4n) is 2.82. The molecule has 0 radical (unpaired) electrons. The molecule has 1 aliphatic rings. The van der Waals surface area contributed by atoms with Gasteiger partial charge in [0.05, 0.1) is 15.6 Å². The lowest BCUT2D eigenvalue weighted by molar-refractivity contribution is -0.384. The van der Waals surface area contributed by atoms with Crippen LogP contribution in [-0.2, 0) is 0 Å². The van der Waals surface area contributed by atoms with Crippen molar-refractivity contribution >= 4 is 46.3 Å². The van der Waals surface area contributed by atoms with Crippen molar-refractivity contribution < 1.29 is 9.72 Å². The number of anilines is 2. The normalized spacial score (nSPS) is 14.2. The van der Waals surface area contributed by atoms with Gasteiger partial charge < -0.3 is 15.1 Å². The number of hydrogen-bond acceptors (Lipinski definition) is 4. The molecule has 0 aromatic heterocycles.